The molecule has 1 aliphatic heterocycles. The largest absolute Gasteiger partial charge is 0.396 e. The Morgan fingerprint density at radius 2 is 2.12 bits per heavy atom. The molecule has 1 aliphatic rings. The third-order valence-corrected chi connectivity index (χ3v) is 4.72. The van der Waals surface area contributed by atoms with Gasteiger partial charge in [0.2, 0.25) is 12.3 Å². The number of carbonyl (C=O) groups excluding carboxylic acids is 2. The van der Waals surface area contributed by atoms with Crippen molar-refractivity contribution >= 4 is 23.7 Å². The number of amides is 2. The quantitative estimate of drug-likeness (QED) is 0.736. The molecule has 0 atom stereocenters. The first-order chi connectivity index (χ1) is 11.5. The highest BCUT2D eigenvalue weighted by molar-refractivity contribution is 5.86. The first-order valence-corrected chi connectivity index (χ1v) is 8.45. The molecule has 1 aromatic carbocycles. The normalized spacial score (nSPS) is 15.2. The Balaban J connectivity index is 1.96. The van der Waals surface area contributed by atoms with Gasteiger partial charge in [-0.05, 0) is 49.4 Å². The fourth-order valence-electron chi connectivity index (χ4n) is 3.17. The van der Waals surface area contributed by atoms with E-state index in [0.717, 1.165) is 37.2 Å². The summed E-state index contributed by atoms with van der Waals surface area (Å²) in [6.07, 6.45) is 2.76. The highest BCUT2D eigenvalue weighted by Crippen LogP contribution is 2.28. The minimum atomic E-state index is -0.266. The molecule has 0 unspecified atom stereocenters. The number of anilines is 2. The zero-order chi connectivity index (χ0) is 17.5. The summed E-state index contributed by atoms with van der Waals surface area (Å²) in [5, 5.41) is 11.4. The first kappa shape index (κ1) is 18.3. The summed E-state index contributed by atoms with van der Waals surface area (Å²) in [5.41, 5.74) is 3.46. The van der Waals surface area contributed by atoms with E-state index in [1.54, 1.807) is 0 Å². The SMILES string of the molecule is Cc1cc(N2CCC(CO)CC2)ccc1N(C)CCC(=O)NC=O. The maximum absolute atomic E-state index is 11.4. The van der Waals surface area contributed by atoms with Crippen LogP contribution in [0.5, 0.6) is 0 Å². The lowest BCUT2D eigenvalue weighted by Crippen LogP contribution is -2.34. The van der Waals surface area contributed by atoms with Crippen molar-refractivity contribution in [2.45, 2.75) is 26.2 Å². The van der Waals surface area contributed by atoms with E-state index in [0.29, 0.717) is 18.9 Å². The van der Waals surface area contributed by atoms with Crippen LogP contribution in [-0.4, -0.2) is 50.7 Å². The van der Waals surface area contributed by atoms with Crippen LogP contribution >= 0.6 is 0 Å². The van der Waals surface area contributed by atoms with E-state index in [9.17, 15) is 14.7 Å². The summed E-state index contributed by atoms with van der Waals surface area (Å²) in [5.74, 6) is 0.170. The van der Waals surface area contributed by atoms with Gasteiger partial charge in [-0.25, -0.2) is 0 Å². The predicted octanol–water partition coefficient (Wildman–Crippen LogP) is 1.30. The lowest BCUT2D eigenvalue weighted by atomic mass is 9.97. The number of piperidine rings is 1. The number of nitrogens with one attached hydrogen (secondary N) is 1. The van der Waals surface area contributed by atoms with E-state index < -0.39 is 0 Å². The highest BCUT2D eigenvalue weighted by Gasteiger charge is 2.19. The van der Waals surface area contributed by atoms with Gasteiger partial charge in [-0.2, -0.15) is 0 Å². The third kappa shape index (κ3) is 4.71. The Labute approximate surface area is 143 Å². The lowest BCUT2D eigenvalue weighted by Gasteiger charge is -2.33. The van der Waals surface area contributed by atoms with Crippen LogP contribution in [0.3, 0.4) is 0 Å². The van der Waals surface area contributed by atoms with Gasteiger partial charge in [0, 0.05) is 51.1 Å². The molecule has 1 aromatic rings. The molecule has 0 saturated carbocycles. The number of aliphatic hydroxyl groups is 1. The van der Waals surface area contributed by atoms with Gasteiger partial charge in [-0.3, -0.25) is 14.9 Å². The summed E-state index contributed by atoms with van der Waals surface area (Å²) in [7, 11) is 1.95. The van der Waals surface area contributed by atoms with Gasteiger partial charge in [-0.1, -0.05) is 0 Å². The number of hydrogen-bond donors (Lipinski definition) is 2. The third-order valence-electron chi connectivity index (χ3n) is 4.72. The second-order valence-electron chi connectivity index (χ2n) is 6.44. The van der Waals surface area contributed by atoms with Crippen molar-refractivity contribution in [3.63, 3.8) is 0 Å². The van der Waals surface area contributed by atoms with Crippen molar-refractivity contribution in [2.75, 3.05) is 43.1 Å². The molecule has 6 heteroatoms. The van der Waals surface area contributed by atoms with Crippen LogP contribution in [0, 0.1) is 12.8 Å². The summed E-state index contributed by atoms with van der Waals surface area (Å²) in [6.45, 7) is 4.87. The van der Waals surface area contributed by atoms with E-state index in [1.807, 2.05) is 11.9 Å². The predicted molar refractivity (Wildman–Crippen MR) is 95.3 cm³/mol. The van der Waals surface area contributed by atoms with E-state index in [4.69, 9.17) is 0 Å². The molecule has 2 N–H and O–H groups in total. The number of benzene rings is 1. The van der Waals surface area contributed by atoms with Crippen LogP contribution in [0.4, 0.5) is 11.4 Å². The van der Waals surface area contributed by atoms with Crippen molar-refractivity contribution in [1.82, 2.24) is 5.32 Å². The molecule has 1 heterocycles. The molecule has 0 bridgehead atoms. The van der Waals surface area contributed by atoms with Gasteiger partial charge >= 0.3 is 0 Å². The molecule has 1 fully saturated rings. The summed E-state index contributed by atoms with van der Waals surface area (Å²) < 4.78 is 0. The number of aliphatic hydroxyl groups excluding tert-OH is 1. The molecule has 2 amide bonds. The van der Waals surface area contributed by atoms with Crippen LogP contribution < -0.4 is 15.1 Å². The zero-order valence-electron chi connectivity index (χ0n) is 14.5. The average molecular weight is 333 g/mol. The Hall–Kier alpha value is -2.08. The number of rotatable bonds is 7. The van der Waals surface area contributed by atoms with Gasteiger partial charge in [0.15, 0.2) is 0 Å². The van der Waals surface area contributed by atoms with Crippen molar-refractivity contribution in [1.29, 1.82) is 0 Å². The fourth-order valence-corrected chi connectivity index (χ4v) is 3.17. The van der Waals surface area contributed by atoms with Crippen LogP contribution in [0.15, 0.2) is 18.2 Å². The van der Waals surface area contributed by atoms with E-state index in [2.05, 4.69) is 35.3 Å². The highest BCUT2D eigenvalue weighted by atomic mass is 16.3. The van der Waals surface area contributed by atoms with Crippen LogP contribution in [-0.2, 0) is 9.59 Å². The summed E-state index contributed by atoms with van der Waals surface area (Å²) in [4.78, 5) is 26.0. The van der Waals surface area contributed by atoms with Crippen molar-refractivity contribution in [2.24, 2.45) is 5.92 Å². The molecule has 6 nitrogen and oxygen atoms in total. The van der Waals surface area contributed by atoms with Crippen molar-refractivity contribution in [3.05, 3.63) is 23.8 Å². The maximum atomic E-state index is 11.4. The fraction of sp³-hybridized carbons (Fsp3) is 0.556. The number of aryl methyl sites for hydroxylation is 1. The minimum Gasteiger partial charge on any atom is -0.396 e. The van der Waals surface area contributed by atoms with Crippen LogP contribution in [0.1, 0.15) is 24.8 Å². The smallest absolute Gasteiger partial charge is 0.228 e. The Morgan fingerprint density at radius 3 is 2.71 bits per heavy atom. The standard InChI is InChI=1S/C18H27N3O3/c1-14-11-16(21-9-5-15(12-22)6-10-21)3-4-17(14)20(2)8-7-18(24)19-13-23/h3-4,11,13,15,22H,5-10,12H2,1-2H3,(H,19,23,24). The number of imide groups is 1. The van der Waals surface area contributed by atoms with Crippen molar-refractivity contribution in [3.8, 4) is 0 Å². The molecule has 0 aliphatic carbocycles. The van der Waals surface area contributed by atoms with Gasteiger partial charge in [0.05, 0.1) is 0 Å². The Morgan fingerprint density at radius 1 is 1.42 bits per heavy atom. The lowest BCUT2D eigenvalue weighted by molar-refractivity contribution is -0.125. The second-order valence-corrected chi connectivity index (χ2v) is 6.44. The number of nitrogens with zero attached hydrogens (tertiary/aromatic N) is 2. The van der Waals surface area contributed by atoms with Gasteiger partial charge in [0.1, 0.15) is 0 Å². The average Bonchev–Trinajstić information content (AvgIpc) is 2.60. The molecule has 1 saturated heterocycles. The Kier molecular flexibility index (Phi) is 6.61. The summed E-state index contributed by atoms with van der Waals surface area (Å²) in [6, 6.07) is 6.38. The molecular formula is C18H27N3O3. The molecule has 24 heavy (non-hydrogen) atoms. The molecule has 2 rings (SSSR count). The van der Waals surface area contributed by atoms with E-state index >= 15 is 0 Å². The molecule has 0 aromatic heterocycles. The summed E-state index contributed by atoms with van der Waals surface area (Å²) >= 11 is 0. The molecule has 0 spiro atoms. The Bertz CT molecular complexity index is 569. The van der Waals surface area contributed by atoms with Crippen LogP contribution in [0.2, 0.25) is 0 Å². The van der Waals surface area contributed by atoms with Gasteiger partial charge < -0.3 is 14.9 Å². The van der Waals surface area contributed by atoms with Gasteiger partial charge in [0.25, 0.3) is 0 Å². The van der Waals surface area contributed by atoms with Crippen molar-refractivity contribution < 1.29 is 14.7 Å². The second kappa shape index (κ2) is 8.68. The number of carbonyl (C=O) groups is 2. The monoisotopic (exact) mass is 333 g/mol. The minimum absolute atomic E-state index is 0.266. The van der Waals surface area contributed by atoms with E-state index in [-0.39, 0.29) is 18.9 Å². The van der Waals surface area contributed by atoms with Gasteiger partial charge in [-0.15, -0.1) is 0 Å². The molecule has 132 valence electrons. The van der Waals surface area contributed by atoms with E-state index in [1.165, 1.54) is 5.69 Å². The molecule has 0 radical (unpaired) electrons. The first-order valence-electron chi connectivity index (χ1n) is 8.45. The molecular weight excluding hydrogens is 306 g/mol. The maximum Gasteiger partial charge on any atom is 0.228 e. The zero-order valence-corrected chi connectivity index (χ0v) is 14.5. The number of hydrogen-bond acceptors (Lipinski definition) is 5. The topological polar surface area (TPSA) is 72.9 Å². The van der Waals surface area contributed by atoms with Crippen LogP contribution in [0.25, 0.3) is 0 Å².